The fraction of sp³-hybridized carbons (Fsp3) is 0.812. The molecule has 2 N–H and O–H groups in total. The Kier molecular flexibility index (Phi) is 5.11. The van der Waals surface area contributed by atoms with E-state index in [4.69, 9.17) is 4.74 Å². The zero-order valence-corrected chi connectivity index (χ0v) is 13.4. The van der Waals surface area contributed by atoms with E-state index in [1.807, 2.05) is 11.8 Å². The zero-order chi connectivity index (χ0) is 14.5. The lowest BCUT2D eigenvalue weighted by Crippen LogP contribution is -2.51. The molecule has 2 aliphatic heterocycles. The van der Waals surface area contributed by atoms with Crippen LogP contribution in [0.15, 0.2) is 12.2 Å². The summed E-state index contributed by atoms with van der Waals surface area (Å²) in [6, 6.07) is 0.265. The third-order valence-electron chi connectivity index (χ3n) is 4.82. The normalized spacial score (nSPS) is 35.8. The summed E-state index contributed by atoms with van der Waals surface area (Å²) in [5.41, 5.74) is 0.0367. The average molecular weight is 310 g/mol. The first-order valence-corrected chi connectivity index (χ1v) is 9.32. The van der Waals surface area contributed by atoms with Gasteiger partial charge in [0.25, 0.3) is 0 Å². The van der Waals surface area contributed by atoms with Crippen molar-refractivity contribution < 1.29 is 9.53 Å². The summed E-state index contributed by atoms with van der Waals surface area (Å²) in [4.78, 5) is 12.1. The first kappa shape index (κ1) is 15.2. The number of hydrogen-bond acceptors (Lipinski definition) is 3. The fourth-order valence-electron chi connectivity index (χ4n) is 3.53. The maximum Gasteiger partial charge on any atom is 0.315 e. The second-order valence-electron chi connectivity index (χ2n) is 6.53. The second-order valence-corrected chi connectivity index (χ2v) is 7.63. The predicted molar refractivity (Wildman–Crippen MR) is 86.7 cm³/mol. The summed E-state index contributed by atoms with van der Waals surface area (Å²) in [7, 11) is 0. The first-order valence-electron chi connectivity index (χ1n) is 8.17. The Balaban J connectivity index is 1.40. The number of rotatable bonds is 3. The van der Waals surface area contributed by atoms with E-state index in [9.17, 15) is 4.79 Å². The molecule has 2 amide bonds. The van der Waals surface area contributed by atoms with Gasteiger partial charge in [0.15, 0.2) is 0 Å². The van der Waals surface area contributed by atoms with Crippen molar-refractivity contribution in [3.8, 4) is 0 Å². The van der Waals surface area contributed by atoms with E-state index in [0.717, 1.165) is 51.0 Å². The highest BCUT2D eigenvalue weighted by Crippen LogP contribution is 2.38. The van der Waals surface area contributed by atoms with E-state index >= 15 is 0 Å². The monoisotopic (exact) mass is 310 g/mol. The zero-order valence-electron chi connectivity index (χ0n) is 12.6. The molecule has 0 aromatic rings. The molecule has 5 heteroatoms. The molecule has 0 unspecified atom stereocenters. The number of ether oxygens (including phenoxy) is 1. The van der Waals surface area contributed by atoms with Gasteiger partial charge < -0.3 is 15.4 Å². The molecule has 2 saturated heterocycles. The Labute approximate surface area is 131 Å². The number of amides is 2. The Hall–Kier alpha value is -0.680. The molecule has 3 rings (SSSR count). The summed E-state index contributed by atoms with van der Waals surface area (Å²) < 4.78 is 5.99. The van der Waals surface area contributed by atoms with Crippen molar-refractivity contribution in [3.63, 3.8) is 0 Å². The molecular weight excluding hydrogens is 284 g/mol. The summed E-state index contributed by atoms with van der Waals surface area (Å²) in [6.45, 7) is 1.57. The smallest absolute Gasteiger partial charge is 0.315 e. The molecular formula is C16H26N2O2S. The number of carbonyl (C=O) groups is 1. The Morgan fingerprint density at radius 2 is 2.33 bits per heavy atom. The fourth-order valence-corrected chi connectivity index (χ4v) is 4.91. The van der Waals surface area contributed by atoms with Crippen molar-refractivity contribution in [3.05, 3.63) is 12.2 Å². The molecule has 2 heterocycles. The molecule has 21 heavy (non-hydrogen) atoms. The Bertz CT molecular complexity index is 394. The van der Waals surface area contributed by atoms with Gasteiger partial charge in [-0.25, -0.2) is 4.79 Å². The van der Waals surface area contributed by atoms with Crippen LogP contribution in [0.1, 0.15) is 38.5 Å². The van der Waals surface area contributed by atoms with Gasteiger partial charge in [-0.2, -0.15) is 11.8 Å². The van der Waals surface area contributed by atoms with E-state index in [1.165, 1.54) is 12.2 Å². The van der Waals surface area contributed by atoms with E-state index in [1.54, 1.807) is 0 Å². The van der Waals surface area contributed by atoms with Crippen LogP contribution in [0.25, 0.3) is 0 Å². The molecule has 1 spiro atoms. The quantitative estimate of drug-likeness (QED) is 0.788. The summed E-state index contributed by atoms with van der Waals surface area (Å²) in [5, 5.41) is 6.20. The van der Waals surface area contributed by atoms with Crippen LogP contribution < -0.4 is 10.6 Å². The second kappa shape index (κ2) is 7.05. The van der Waals surface area contributed by atoms with Crippen LogP contribution in [-0.2, 0) is 4.74 Å². The molecule has 0 aromatic carbocycles. The maximum atomic E-state index is 12.1. The largest absolute Gasteiger partial charge is 0.374 e. The van der Waals surface area contributed by atoms with Crippen LogP contribution in [0.2, 0.25) is 0 Å². The molecule has 2 fully saturated rings. The van der Waals surface area contributed by atoms with E-state index < -0.39 is 0 Å². The molecule has 118 valence electrons. The lowest BCUT2D eigenvalue weighted by molar-refractivity contribution is -0.0684. The number of urea groups is 1. The van der Waals surface area contributed by atoms with E-state index in [-0.39, 0.29) is 17.7 Å². The van der Waals surface area contributed by atoms with Crippen molar-refractivity contribution in [1.29, 1.82) is 0 Å². The van der Waals surface area contributed by atoms with Crippen LogP contribution in [0, 0.1) is 5.92 Å². The molecule has 4 nitrogen and oxygen atoms in total. The van der Waals surface area contributed by atoms with Crippen LogP contribution in [0.3, 0.4) is 0 Å². The number of carbonyl (C=O) groups excluding carboxylic acids is 1. The number of allylic oxidation sites excluding steroid dienone is 2. The topological polar surface area (TPSA) is 50.4 Å². The van der Waals surface area contributed by atoms with Gasteiger partial charge in [0.2, 0.25) is 0 Å². The molecule has 0 aromatic heterocycles. The van der Waals surface area contributed by atoms with Gasteiger partial charge in [-0.05, 0) is 50.2 Å². The molecule has 3 atom stereocenters. The van der Waals surface area contributed by atoms with Gasteiger partial charge in [-0.3, -0.25) is 0 Å². The lowest BCUT2D eigenvalue weighted by Gasteiger charge is -2.38. The Morgan fingerprint density at radius 1 is 1.38 bits per heavy atom. The summed E-state index contributed by atoms with van der Waals surface area (Å²) in [6.07, 6.45) is 10.9. The van der Waals surface area contributed by atoms with Crippen molar-refractivity contribution in [2.45, 2.75) is 50.2 Å². The SMILES string of the molecule is O=C(NC[C@@H]1CC=CCC1)N[C@H]1CCO[C@@]2(CCSC2)C1. The molecule has 0 radical (unpaired) electrons. The first-order chi connectivity index (χ1) is 10.3. The van der Waals surface area contributed by atoms with Gasteiger partial charge in [-0.1, -0.05) is 12.2 Å². The van der Waals surface area contributed by atoms with Crippen molar-refractivity contribution in [2.24, 2.45) is 5.92 Å². The minimum absolute atomic E-state index is 0.00254. The van der Waals surface area contributed by atoms with Crippen LogP contribution >= 0.6 is 11.8 Å². The highest BCUT2D eigenvalue weighted by atomic mass is 32.2. The third kappa shape index (κ3) is 4.16. The number of hydrogen-bond donors (Lipinski definition) is 2. The van der Waals surface area contributed by atoms with Gasteiger partial charge in [0, 0.05) is 24.9 Å². The average Bonchev–Trinajstić information content (AvgIpc) is 2.94. The summed E-state index contributed by atoms with van der Waals surface area (Å²) >= 11 is 1.97. The molecule has 0 saturated carbocycles. The third-order valence-corrected chi connectivity index (χ3v) is 6.05. The van der Waals surface area contributed by atoms with E-state index in [2.05, 4.69) is 22.8 Å². The highest BCUT2D eigenvalue weighted by Gasteiger charge is 2.40. The maximum absolute atomic E-state index is 12.1. The minimum atomic E-state index is -0.00254. The van der Waals surface area contributed by atoms with Crippen molar-refractivity contribution >= 4 is 17.8 Å². The highest BCUT2D eigenvalue weighted by molar-refractivity contribution is 7.99. The minimum Gasteiger partial charge on any atom is -0.374 e. The van der Waals surface area contributed by atoms with Crippen LogP contribution in [0.5, 0.6) is 0 Å². The van der Waals surface area contributed by atoms with Crippen molar-refractivity contribution in [1.82, 2.24) is 10.6 Å². The van der Waals surface area contributed by atoms with Gasteiger partial charge in [0.05, 0.1) is 5.60 Å². The number of thioether (sulfide) groups is 1. The standard InChI is InChI=1S/C16H26N2O2S/c19-15(17-11-13-4-2-1-3-5-13)18-14-6-8-20-16(10-14)7-9-21-12-16/h1-2,13-14H,3-12H2,(H2,17,18,19)/t13-,14+,16+/m1/s1. The molecule has 0 bridgehead atoms. The van der Waals surface area contributed by atoms with Gasteiger partial charge >= 0.3 is 6.03 Å². The lowest BCUT2D eigenvalue weighted by atomic mass is 9.90. The number of nitrogens with one attached hydrogen (secondary N) is 2. The van der Waals surface area contributed by atoms with Crippen LogP contribution in [0.4, 0.5) is 4.79 Å². The molecule has 1 aliphatic carbocycles. The van der Waals surface area contributed by atoms with E-state index in [0.29, 0.717) is 5.92 Å². The molecule has 3 aliphatic rings. The van der Waals surface area contributed by atoms with Gasteiger partial charge in [-0.15, -0.1) is 0 Å². The predicted octanol–water partition coefficient (Wildman–Crippen LogP) is 2.70. The van der Waals surface area contributed by atoms with Crippen LogP contribution in [-0.4, -0.2) is 42.3 Å². The van der Waals surface area contributed by atoms with Crippen molar-refractivity contribution in [2.75, 3.05) is 24.7 Å². The Morgan fingerprint density at radius 3 is 3.10 bits per heavy atom. The summed E-state index contributed by atoms with van der Waals surface area (Å²) in [5.74, 6) is 2.88. The van der Waals surface area contributed by atoms with Gasteiger partial charge in [0.1, 0.15) is 0 Å².